The molecule has 0 N–H and O–H groups in total. The van der Waals surface area contributed by atoms with E-state index >= 15 is 0 Å². The first-order chi connectivity index (χ1) is 6.18. The average molecular weight is 269 g/mol. The van der Waals surface area contributed by atoms with E-state index in [0.29, 0.717) is 0 Å². The van der Waals surface area contributed by atoms with Crippen molar-refractivity contribution in [2.24, 2.45) is 0 Å². The third-order valence-corrected chi connectivity index (χ3v) is 1.37. The van der Waals surface area contributed by atoms with Crippen LogP contribution >= 0.6 is 0 Å². The SMILES string of the molecule is CC.CC.Cc1cc(C)cc(C)c1.[Y]. The van der Waals surface area contributed by atoms with Crippen LogP contribution in [0.3, 0.4) is 0 Å². The van der Waals surface area contributed by atoms with Crippen molar-refractivity contribution < 1.29 is 32.7 Å². The first-order valence-corrected chi connectivity index (χ1v) is 5.23. The van der Waals surface area contributed by atoms with Crippen LogP contribution in [0.15, 0.2) is 18.2 Å². The van der Waals surface area contributed by atoms with E-state index in [1.807, 2.05) is 27.7 Å². The van der Waals surface area contributed by atoms with Crippen LogP contribution in [0.1, 0.15) is 44.4 Å². The van der Waals surface area contributed by atoms with E-state index in [9.17, 15) is 0 Å². The normalized spacial score (nSPS) is 7.07. The Morgan fingerprint density at radius 2 is 0.714 bits per heavy atom. The number of hydrogen-bond acceptors (Lipinski definition) is 0. The molecule has 0 nitrogen and oxygen atoms in total. The van der Waals surface area contributed by atoms with Crippen molar-refractivity contribution in [3.63, 3.8) is 0 Å². The summed E-state index contributed by atoms with van der Waals surface area (Å²) in [5.74, 6) is 0. The summed E-state index contributed by atoms with van der Waals surface area (Å²) in [6.07, 6.45) is 0. The van der Waals surface area contributed by atoms with Gasteiger partial charge in [0.2, 0.25) is 0 Å². The molecule has 0 aliphatic carbocycles. The summed E-state index contributed by atoms with van der Waals surface area (Å²) in [7, 11) is 0. The third kappa shape index (κ3) is 10.4. The topological polar surface area (TPSA) is 0 Å². The van der Waals surface area contributed by atoms with Crippen LogP contribution in [0.5, 0.6) is 0 Å². The van der Waals surface area contributed by atoms with Crippen LogP contribution in [-0.2, 0) is 32.7 Å². The number of aryl methyl sites for hydroxylation is 3. The summed E-state index contributed by atoms with van der Waals surface area (Å²) < 4.78 is 0. The second-order valence-electron chi connectivity index (χ2n) is 2.67. The van der Waals surface area contributed by atoms with Gasteiger partial charge in [-0.1, -0.05) is 62.6 Å². The molecule has 0 heterocycles. The van der Waals surface area contributed by atoms with Crippen LogP contribution in [-0.4, -0.2) is 0 Å². The van der Waals surface area contributed by atoms with Gasteiger partial charge in [0.05, 0.1) is 0 Å². The molecule has 1 heteroatoms. The summed E-state index contributed by atoms with van der Waals surface area (Å²) in [4.78, 5) is 0. The molecule has 0 aromatic heterocycles. The summed E-state index contributed by atoms with van der Waals surface area (Å²) >= 11 is 0. The van der Waals surface area contributed by atoms with E-state index in [2.05, 4.69) is 39.0 Å². The van der Waals surface area contributed by atoms with Gasteiger partial charge in [-0.2, -0.15) is 0 Å². The first kappa shape index (κ1) is 19.8. The fraction of sp³-hybridized carbons (Fsp3) is 0.538. The van der Waals surface area contributed by atoms with Crippen LogP contribution < -0.4 is 0 Å². The molecule has 0 atom stereocenters. The van der Waals surface area contributed by atoms with Crippen LogP contribution in [0, 0.1) is 20.8 Å². The first-order valence-electron chi connectivity index (χ1n) is 5.23. The average Bonchev–Trinajstić information content (AvgIpc) is 2.09. The molecular formula is C13H24Y. The Bertz CT molecular complexity index is 166. The van der Waals surface area contributed by atoms with E-state index in [-0.39, 0.29) is 32.7 Å². The fourth-order valence-electron chi connectivity index (χ4n) is 1.20. The molecule has 0 aliphatic rings. The predicted octanol–water partition coefficient (Wildman–Crippen LogP) is 4.66. The molecule has 0 amide bonds. The number of benzene rings is 1. The van der Waals surface area contributed by atoms with Crippen molar-refractivity contribution in [3.8, 4) is 0 Å². The zero-order valence-electron chi connectivity index (χ0n) is 10.8. The molecule has 0 saturated carbocycles. The molecule has 14 heavy (non-hydrogen) atoms. The molecule has 79 valence electrons. The van der Waals surface area contributed by atoms with E-state index in [1.54, 1.807) is 0 Å². The third-order valence-electron chi connectivity index (χ3n) is 1.37. The molecule has 1 aromatic carbocycles. The Labute approximate surface area is 115 Å². The van der Waals surface area contributed by atoms with Gasteiger partial charge < -0.3 is 0 Å². The summed E-state index contributed by atoms with van der Waals surface area (Å²) in [6, 6.07) is 6.56. The smallest absolute Gasteiger partial charge is 0 e. The minimum atomic E-state index is 0. The molecule has 0 bridgehead atoms. The van der Waals surface area contributed by atoms with Gasteiger partial charge in [0, 0.05) is 32.7 Å². The van der Waals surface area contributed by atoms with Crippen molar-refractivity contribution in [1.29, 1.82) is 0 Å². The van der Waals surface area contributed by atoms with Crippen molar-refractivity contribution >= 4 is 0 Å². The van der Waals surface area contributed by atoms with Crippen LogP contribution in [0.25, 0.3) is 0 Å². The van der Waals surface area contributed by atoms with E-state index in [4.69, 9.17) is 0 Å². The van der Waals surface area contributed by atoms with Gasteiger partial charge in [-0.05, 0) is 20.8 Å². The van der Waals surface area contributed by atoms with Crippen molar-refractivity contribution in [2.75, 3.05) is 0 Å². The van der Waals surface area contributed by atoms with Gasteiger partial charge in [0.25, 0.3) is 0 Å². The van der Waals surface area contributed by atoms with Gasteiger partial charge in [-0.15, -0.1) is 0 Å². The van der Waals surface area contributed by atoms with Gasteiger partial charge in [-0.3, -0.25) is 0 Å². The number of rotatable bonds is 0. The Morgan fingerprint density at radius 3 is 0.857 bits per heavy atom. The fourth-order valence-corrected chi connectivity index (χ4v) is 1.20. The predicted molar refractivity (Wildman–Crippen MR) is 63.3 cm³/mol. The van der Waals surface area contributed by atoms with Gasteiger partial charge in [0.15, 0.2) is 0 Å². The number of hydrogen-bond donors (Lipinski definition) is 0. The summed E-state index contributed by atoms with van der Waals surface area (Å²) in [5.41, 5.74) is 4.06. The van der Waals surface area contributed by atoms with Crippen LogP contribution in [0.2, 0.25) is 0 Å². The Balaban J connectivity index is -0.000000216. The Kier molecular flexibility index (Phi) is 18.9. The second kappa shape index (κ2) is 13.3. The van der Waals surface area contributed by atoms with E-state index in [1.165, 1.54) is 16.7 Å². The monoisotopic (exact) mass is 269 g/mol. The zero-order valence-corrected chi connectivity index (χ0v) is 13.6. The van der Waals surface area contributed by atoms with Gasteiger partial charge in [0.1, 0.15) is 0 Å². The second-order valence-corrected chi connectivity index (χ2v) is 2.67. The van der Waals surface area contributed by atoms with E-state index < -0.39 is 0 Å². The molecule has 0 saturated heterocycles. The molecular weight excluding hydrogens is 245 g/mol. The molecule has 0 aliphatic heterocycles. The van der Waals surface area contributed by atoms with Gasteiger partial charge in [-0.25, -0.2) is 0 Å². The minimum Gasteiger partial charge on any atom is -0.0683 e. The minimum absolute atomic E-state index is 0. The maximum atomic E-state index is 2.19. The molecule has 0 spiro atoms. The summed E-state index contributed by atoms with van der Waals surface area (Å²) in [5, 5.41) is 0. The Morgan fingerprint density at radius 1 is 0.571 bits per heavy atom. The maximum absolute atomic E-state index is 2.19. The molecule has 0 unspecified atom stereocenters. The van der Waals surface area contributed by atoms with Crippen molar-refractivity contribution in [2.45, 2.75) is 48.5 Å². The molecule has 1 rings (SSSR count). The Hall–Kier alpha value is 0.324. The zero-order chi connectivity index (χ0) is 10.9. The quantitative estimate of drug-likeness (QED) is 0.642. The molecule has 1 aromatic rings. The van der Waals surface area contributed by atoms with Crippen molar-refractivity contribution in [3.05, 3.63) is 34.9 Å². The largest absolute Gasteiger partial charge is 0.0683 e. The molecule has 0 fully saturated rings. The summed E-state index contributed by atoms with van der Waals surface area (Å²) in [6.45, 7) is 14.4. The van der Waals surface area contributed by atoms with Crippen molar-refractivity contribution in [1.82, 2.24) is 0 Å². The maximum Gasteiger partial charge on any atom is 0 e. The van der Waals surface area contributed by atoms with Gasteiger partial charge >= 0.3 is 0 Å². The molecule has 1 radical (unpaired) electrons. The standard InChI is InChI=1S/C9H12.2C2H6.Y/c1-7-4-8(2)6-9(3)5-7;2*1-2;/h4-6H,1-3H3;2*1-2H3;. The van der Waals surface area contributed by atoms with E-state index in [0.717, 1.165) is 0 Å². The van der Waals surface area contributed by atoms with Crippen LogP contribution in [0.4, 0.5) is 0 Å².